The molecule has 0 aliphatic rings. The van der Waals surface area contributed by atoms with E-state index in [1.807, 2.05) is 32.8 Å². The minimum atomic E-state index is -3.70. The zero-order valence-corrected chi connectivity index (χ0v) is 14.5. The van der Waals surface area contributed by atoms with Crippen molar-refractivity contribution in [2.24, 2.45) is 0 Å². The molecule has 0 saturated heterocycles. The predicted molar refractivity (Wildman–Crippen MR) is 81.7 cm³/mol. The average Bonchev–Trinajstić information content (AvgIpc) is 2.63. The molecule has 0 aromatic carbocycles. The van der Waals surface area contributed by atoms with E-state index in [0.29, 0.717) is 30.2 Å². The van der Waals surface area contributed by atoms with Crippen molar-refractivity contribution in [1.29, 1.82) is 0 Å². The second-order valence-corrected chi connectivity index (χ2v) is 7.33. The summed E-state index contributed by atoms with van der Waals surface area (Å²) in [7, 11) is 0.117. The fourth-order valence-electron chi connectivity index (χ4n) is 2.69. The van der Waals surface area contributed by atoms with Gasteiger partial charge in [0.1, 0.15) is 16.4 Å². The van der Waals surface area contributed by atoms with Gasteiger partial charge in [-0.05, 0) is 34.9 Å². The monoisotopic (exact) mass is 318 g/mol. The van der Waals surface area contributed by atoms with Crippen LogP contribution in [0.25, 0.3) is 0 Å². The summed E-state index contributed by atoms with van der Waals surface area (Å²) in [6.07, 6.45) is 0. The summed E-state index contributed by atoms with van der Waals surface area (Å²) >= 11 is 0. The number of likely N-dealkylation sites (N-methyl/N-ethyl adjacent to an activating group) is 2. The number of nitrogens with zero attached hydrogens (tertiary/aromatic N) is 2. The van der Waals surface area contributed by atoms with E-state index in [1.165, 1.54) is 4.31 Å². The van der Waals surface area contributed by atoms with Crippen LogP contribution >= 0.6 is 0 Å². The van der Waals surface area contributed by atoms with Gasteiger partial charge in [-0.1, -0.05) is 6.92 Å². The summed E-state index contributed by atoms with van der Waals surface area (Å²) in [5.74, 6) is 0.775. The first-order chi connectivity index (χ1) is 9.66. The number of hydrogen-bond acceptors (Lipinski definition) is 5. The molecule has 0 saturated carbocycles. The van der Waals surface area contributed by atoms with Crippen LogP contribution in [0.2, 0.25) is 0 Å². The van der Waals surface area contributed by atoms with E-state index in [9.17, 15) is 13.5 Å². The summed E-state index contributed by atoms with van der Waals surface area (Å²) < 4.78 is 32.7. The maximum atomic E-state index is 12.9. The largest absolute Gasteiger partial charge is 0.465 e. The number of aliphatic hydroxyl groups excluding tert-OH is 1. The molecular weight excluding hydrogens is 292 g/mol. The van der Waals surface area contributed by atoms with E-state index >= 15 is 0 Å². The third-order valence-electron chi connectivity index (χ3n) is 3.48. The molecule has 0 spiro atoms. The Labute approximate surface area is 127 Å². The molecule has 0 fully saturated rings. The highest BCUT2D eigenvalue weighted by atomic mass is 32.2. The van der Waals surface area contributed by atoms with Crippen molar-refractivity contribution < 1.29 is 17.9 Å². The van der Waals surface area contributed by atoms with Gasteiger partial charge in [0.25, 0.3) is 0 Å². The highest BCUT2D eigenvalue weighted by molar-refractivity contribution is 7.89. The van der Waals surface area contributed by atoms with Crippen LogP contribution in [0.1, 0.15) is 30.9 Å². The lowest BCUT2D eigenvalue weighted by molar-refractivity contribution is 0.267. The topological polar surface area (TPSA) is 74.0 Å². The van der Waals surface area contributed by atoms with Crippen LogP contribution in [0.3, 0.4) is 0 Å². The number of hydrogen-bond donors (Lipinski definition) is 1. The Hall–Kier alpha value is -0.890. The Morgan fingerprint density at radius 2 is 1.81 bits per heavy atom. The molecule has 0 amide bonds. The van der Waals surface area contributed by atoms with Gasteiger partial charge < -0.3 is 14.4 Å². The smallest absolute Gasteiger partial charge is 0.247 e. The summed E-state index contributed by atoms with van der Waals surface area (Å²) in [5, 5.41) is 9.46. The predicted octanol–water partition coefficient (Wildman–Crippen LogP) is 1.35. The maximum Gasteiger partial charge on any atom is 0.247 e. The van der Waals surface area contributed by atoms with E-state index in [2.05, 4.69) is 0 Å². The van der Waals surface area contributed by atoms with Crippen LogP contribution in [-0.4, -0.2) is 56.0 Å². The molecule has 0 aliphatic heterocycles. The Bertz CT molecular complexity index is 578. The van der Waals surface area contributed by atoms with Crippen molar-refractivity contribution in [1.82, 2.24) is 9.21 Å². The van der Waals surface area contributed by atoms with E-state index in [-0.39, 0.29) is 17.5 Å². The molecule has 1 atom stereocenters. The molecule has 1 N–H and O–H groups in total. The number of aryl methyl sites for hydroxylation is 2. The molecule has 122 valence electrons. The first-order valence-electron chi connectivity index (χ1n) is 7.03. The van der Waals surface area contributed by atoms with Gasteiger partial charge in [0.2, 0.25) is 10.0 Å². The van der Waals surface area contributed by atoms with Crippen LogP contribution in [0.5, 0.6) is 0 Å². The zero-order valence-electron chi connectivity index (χ0n) is 13.7. The molecule has 7 heteroatoms. The SMILES string of the molecule is CCN(C(C)CN(C)C)S(=O)(=O)c1c(C)oc(C)c1CO. The Morgan fingerprint density at radius 1 is 1.24 bits per heavy atom. The third kappa shape index (κ3) is 3.66. The maximum absolute atomic E-state index is 12.9. The van der Waals surface area contributed by atoms with Gasteiger partial charge in [0, 0.05) is 24.7 Å². The van der Waals surface area contributed by atoms with E-state index < -0.39 is 10.0 Å². The molecule has 1 heterocycles. The molecule has 1 aromatic rings. The minimum Gasteiger partial charge on any atom is -0.465 e. The van der Waals surface area contributed by atoms with Gasteiger partial charge >= 0.3 is 0 Å². The first kappa shape index (κ1) is 18.2. The molecule has 21 heavy (non-hydrogen) atoms. The van der Waals surface area contributed by atoms with Gasteiger partial charge in [-0.15, -0.1) is 0 Å². The lowest BCUT2D eigenvalue weighted by Gasteiger charge is -2.29. The standard InChI is InChI=1S/C14H26N2O4S/c1-7-16(10(2)8-15(5)6)21(18,19)14-12(4)20-11(3)13(14)9-17/h10,17H,7-9H2,1-6H3. The fourth-order valence-corrected chi connectivity index (χ4v) is 4.73. The summed E-state index contributed by atoms with van der Waals surface area (Å²) in [4.78, 5) is 2.05. The van der Waals surface area contributed by atoms with E-state index in [1.54, 1.807) is 13.8 Å². The third-order valence-corrected chi connectivity index (χ3v) is 5.77. The molecule has 0 radical (unpaired) electrons. The molecule has 1 rings (SSSR count). The van der Waals surface area contributed by atoms with Crippen molar-refractivity contribution >= 4 is 10.0 Å². The van der Waals surface area contributed by atoms with Crippen molar-refractivity contribution in [3.8, 4) is 0 Å². The summed E-state index contributed by atoms with van der Waals surface area (Å²) in [6, 6.07) is -0.170. The fraction of sp³-hybridized carbons (Fsp3) is 0.714. The molecule has 1 unspecified atom stereocenters. The van der Waals surface area contributed by atoms with Crippen molar-refractivity contribution in [2.75, 3.05) is 27.2 Å². The normalized spacial score (nSPS) is 14.1. The molecule has 0 aliphatic carbocycles. The highest BCUT2D eigenvalue weighted by Gasteiger charge is 2.34. The second kappa shape index (κ2) is 6.91. The van der Waals surface area contributed by atoms with E-state index in [4.69, 9.17) is 4.42 Å². The molecule has 0 bridgehead atoms. The Balaban J connectivity index is 3.32. The quantitative estimate of drug-likeness (QED) is 0.821. The van der Waals surface area contributed by atoms with Gasteiger partial charge in [0.15, 0.2) is 0 Å². The average molecular weight is 318 g/mol. The first-order valence-corrected chi connectivity index (χ1v) is 8.47. The molecule has 1 aromatic heterocycles. The number of sulfonamides is 1. The van der Waals surface area contributed by atoms with Gasteiger partial charge in [-0.3, -0.25) is 0 Å². The van der Waals surface area contributed by atoms with Gasteiger partial charge in [-0.2, -0.15) is 4.31 Å². The minimum absolute atomic E-state index is 0.106. The van der Waals surface area contributed by atoms with E-state index in [0.717, 1.165) is 0 Å². The van der Waals surface area contributed by atoms with Crippen LogP contribution in [0.15, 0.2) is 9.31 Å². The number of furan rings is 1. The summed E-state index contributed by atoms with van der Waals surface area (Å²) in [6.45, 7) is 7.60. The number of rotatable bonds is 7. The molecular formula is C14H26N2O4S. The molecule has 6 nitrogen and oxygen atoms in total. The zero-order chi connectivity index (χ0) is 16.4. The van der Waals surface area contributed by atoms with Crippen molar-refractivity contribution in [2.45, 2.75) is 45.2 Å². The van der Waals surface area contributed by atoms with Crippen LogP contribution in [0, 0.1) is 13.8 Å². The summed E-state index contributed by atoms with van der Waals surface area (Å²) in [5.41, 5.74) is 0.350. The van der Waals surface area contributed by atoms with Gasteiger partial charge in [0.05, 0.1) is 6.61 Å². The lowest BCUT2D eigenvalue weighted by atomic mass is 10.2. The Morgan fingerprint density at radius 3 is 2.24 bits per heavy atom. The van der Waals surface area contributed by atoms with Gasteiger partial charge in [-0.25, -0.2) is 8.42 Å². The highest BCUT2D eigenvalue weighted by Crippen LogP contribution is 2.30. The van der Waals surface area contributed by atoms with Crippen LogP contribution < -0.4 is 0 Å². The Kier molecular flexibility index (Phi) is 5.98. The van der Waals surface area contributed by atoms with Crippen molar-refractivity contribution in [3.05, 3.63) is 17.1 Å². The van der Waals surface area contributed by atoms with Crippen molar-refractivity contribution in [3.63, 3.8) is 0 Å². The second-order valence-electron chi connectivity index (χ2n) is 5.50. The lowest BCUT2D eigenvalue weighted by Crippen LogP contribution is -2.43. The van der Waals surface area contributed by atoms with Crippen LogP contribution in [0.4, 0.5) is 0 Å². The number of aliphatic hydroxyl groups is 1. The van der Waals surface area contributed by atoms with Crippen LogP contribution in [-0.2, 0) is 16.6 Å².